The standard InChI is InChI=1S/C11H16FSi.2C6H5.Sn/c1-13(2,12)10-6-9-11-7-4-3-5-8-11;2*1-2-4-6-5-3-1;/h4-5,7-8H,6,9-10H2,1-2H3;2*1-5H;. The van der Waals surface area contributed by atoms with Crippen LogP contribution in [0.25, 0.3) is 0 Å². The molecule has 0 spiro atoms. The molecule has 26 heavy (non-hydrogen) atoms. The summed E-state index contributed by atoms with van der Waals surface area (Å²) in [5.74, 6) is 0. The molecule has 0 aromatic heterocycles. The molecule has 0 nitrogen and oxygen atoms in total. The summed E-state index contributed by atoms with van der Waals surface area (Å²) >= 11 is -2.13. The molecule has 3 aromatic rings. The van der Waals surface area contributed by atoms with Crippen molar-refractivity contribution in [3.63, 3.8) is 0 Å². The fraction of sp³-hybridized carbons (Fsp3) is 0.217. The van der Waals surface area contributed by atoms with Crippen LogP contribution in [0.3, 0.4) is 0 Å². The molecule has 1 radical (unpaired) electrons. The van der Waals surface area contributed by atoms with Crippen LogP contribution in [-0.4, -0.2) is 28.2 Å². The van der Waals surface area contributed by atoms with Gasteiger partial charge < -0.3 is 0 Å². The van der Waals surface area contributed by atoms with Gasteiger partial charge in [-0.3, -0.25) is 0 Å². The van der Waals surface area contributed by atoms with Gasteiger partial charge in [-0.25, -0.2) is 0 Å². The van der Waals surface area contributed by atoms with Crippen molar-refractivity contribution in [3.8, 4) is 0 Å². The molecule has 0 N–H and O–H groups in total. The van der Waals surface area contributed by atoms with Gasteiger partial charge in [0.05, 0.1) is 0 Å². The van der Waals surface area contributed by atoms with Crippen LogP contribution in [0.2, 0.25) is 19.1 Å². The molecule has 3 aromatic carbocycles. The second-order valence-electron chi connectivity index (χ2n) is 7.38. The van der Waals surface area contributed by atoms with Gasteiger partial charge in [-0.1, -0.05) is 0 Å². The summed E-state index contributed by atoms with van der Waals surface area (Å²) in [6, 6.07) is 31.8. The van der Waals surface area contributed by atoms with E-state index in [0.29, 0.717) is 0 Å². The Morgan fingerprint density at radius 3 is 1.62 bits per heavy atom. The number of halogens is 1. The Morgan fingerprint density at radius 2 is 1.15 bits per heavy atom. The van der Waals surface area contributed by atoms with E-state index < -0.39 is 28.2 Å². The van der Waals surface area contributed by atoms with Crippen LogP contribution in [0.15, 0.2) is 84.9 Å². The topological polar surface area (TPSA) is 0 Å². The molecule has 0 aliphatic carbocycles. The number of hydrogen-bond donors (Lipinski definition) is 0. The zero-order chi connectivity index (χ0) is 18.4. The van der Waals surface area contributed by atoms with Crippen LogP contribution in [0.4, 0.5) is 4.11 Å². The molecule has 0 atom stereocenters. The van der Waals surface area contributed by atoms with Crippen LogP contribution in [-0.2, 0) is 6.42 Å². The summed E-state index contributed by atoms with van der Waals surface area (Å²) in [7, 11) is -2.42. The van der Waals surface area contributed by atoms with Gasteiger partial charge in [0.15, 0.2) is 0 Å². The third-order valence-corrected chi connectivity index (χ3v) is 13.9. The Balaban J connectivity index is 1.82. The van der Waals surface area contributed by atoms with Crippen molar-refractivity contribution in [1.82, 2.24) is 0 Å². The number of aryl methyl sites for hydroxylation is 1. The Morgan fingerprint density at radius 1 is 0.692 bits per heavy atom. The molecule has 0 unspecified atom stereocenters. The monoisotopic (exact) mass is 469 g/mol. The van der Waals surface area contributed by atoms with Crippen LogP contribution >= 0.6 is 0 Å². The summed E-state index contributed by atoms with van der Waals surface area (Å²) in [5.41, 5.74) is 1.33. The van der Waals surface area contributed by atoms with Crippen molar-refractivity contribution >= 4 is 38.9 Å². The van der Waals surface area contributed by atoms with E-state index in [4.69, 9.17) is 0 Å². The molecule has 0 aliphatic heterocycles. The van der Waals surface area contributed by atoms with E-state index >= 15 is 0 Å². The molecule has 0 fully saturated rings. The Labute approximate surface area is 165 Å². The second kappa shape index (κ2) is 9.00. The van der Waals surface area contributed by atoms with Crippen LogP contribution in [0.1, 0.15) is 12.0 Å². The van der Waals surface area contributed by atoms with E-state index in [0.717, 1.165) is 18.9 Å². The van der Waals surface area contributed by atoms with E-state index in [-0.39, 0.29) is 0 Å². The molecule has 3 heteroatoms. The average molecular weight is 468 g/mol. The van der Waals surface area contributed by atoms with Crippen molar-refractivity contribution in [1.29, 1.82) is 0 Å². The first-order valence-electron chi connectivity index (χ1n) is 9.29. The SMILES string of the molecule is C[Si](C)(F)CCCc1cc[c]([Sn]([c]2ccccc2)[c]2ccccc2)cc1. The number of benzene rings is 3. The Hall–Kier alpha value is -1.39. The first-order chi connectivity index (χ1) is 12.5. The summed E-state index contributed by atoms with van der Waals surface area (Å²) in [6.45, 7) is 3.60. The van der Waals surface area contributed by atoms with Gasteiger partial charge in [0.2, 0.25) is 0 Å². The first kappa shape index (κ1) is 19.4. The fourth-order valence-corrected chi connectivity index (χ4v) is 11.6. The van der Waals surface area contributed by atoms with Gasteiger partial charge in [0, 0.05) is 0 Å². The fourth-order valence-electron chi connectivity index (χ4n) is 3.26. The van der Waals surface area contributed by atoms with Crippen molar-refractivity contribution < 1.29 is 4.11 Å². The average Bonchev–Trinajstić information content (AvgIpc) is 2.64. The number of rotatable bonds is 7. The normalized spacial score (nSPS) is 11.7. The van der Waals surface area contributed by atoms with Crippen LogP contribution in [0, 0.1) is 0 Å². The minimum atomic E-state index is -2.42. The quantitative estimate of drug-likeness (QED) is 0.358. The van der Waals surface area contributed by atoms with Gasteiger partial charge in [-0.15, -0.1) is 0 Å². The summed E-state index contributed by atoms with van der Waals surface area (Å²) in [6.07, 6.45) is 1.94. The number of hydrogen-bond acceptors (Lipinski definition) is 0. The van der Waals surface area contributed by atoms with Gasteiger partial charge in [0.25, 0.3) is 0 Å². The molecule has 3 rings (SSSR count). The van der Waals surface area contributed by atoms with Crippen molar-refractivity contribution in [2.45, 2.75) is 32.0 Å². The maximum atomic E-state index is 13.8. The van der Waals surface area contributed by atoms with Crippen LogP contribution in [0.5, 0.6) is 0 Å². The van der Waals surface area contributed by atoms with E-state index in [2.05, 4.69) is 84.9 Å². The summed E-state index contributed by atoms with van der Waals surface area (Å²) in [4.78, 5) is 0. The molecule has 0 saturated heterocycles. The first-order valence-corrected chi connectivity index (χ1v) is 16.7. The van der Waals surface area contributed by atoms with E-state index in [1.165, 1.54) is 16.3 Å². The van der Waals surface area contributed by atoms with Crippen molar-refractivity contribution in [3.05, 3.63) is 90.5 Å². The predicted octanol–water partition coefficient (Wildman–Crippen LogP) is 4.31. The molecule has 133 valence electrons. The van der Waals surface area contributed by atoms with Gasteiger partial charge in [-0.2, -0.15) is 0 Å². The molecule has 0 bridgehead atoms. The van der Waals surface area contributed by atoms with Crippen molar-refractivity contribution in [2.75, 3.05) is 0 Å². The Kier molecular flexibility index (Phi) is 6.71. The zero-order valence-electron chi connectivity index (χ0n) is 15.6. The molecular weight excluding hydrogens is 442 g/mol. The van der Waals surface area contributed by atoms with Crippen molar-refractivity contribution in [2.24, 2.45) is 0 Å². The minimum absolute atomic E-state index is 0.754. The molecule has 0 heterocycles. The van der Waals surface area contributed by atoms with Gasteiger partial charge in [0.1, 0.15) is 0 Å². The van der Waals surface area contributed by atoms with E-state index in [9.17, 15) is 4.11 Å². The van der Waals surface area contributed by atoms with Crippen LogP contribution < -0.4 is 10.7 Å². The third-order valence-electron chi connectivity index (χ3n) is 4.60. The molecule has 0 amide bonds. The van der Waals surface area contributed by atoms with Gasteiger partial charge >= 0.3 is 165 Å². The second-order valence-corrected chi connectivity index (χ2v) is 18.4. The summed E-state index contributed by atoms with van der Waals surface area (Å²) in [5, 5.41) is 0. The molecule has 0 aliphatic rings. The predicted molar refractivity (Wildman–Crippen MR) is 116 cm³/mol. The molecular formula is C23H26FSiSn. The molecule has 0 saturated carbocycles. The van der Waals surface area contributed by atoms with Gasteiger partial charge in [-0.05, 0) is 0 Å². The third kappa shape index (κ3) is 5.55. The zero-order valence-corrected chi connectivity index (χ0v) is 19.4. The summed E-state index contributed by atoms with van der Waals surface area (Å²) < 4.78 is 18.3. The van der Waals surface area contributed by atoms with E-state index in [1.807, 2.05) is 0 Å². The Bertz CT molecular complexity index is 756. The maximum absolute atomic E-state index is 13.8. The van der Waals surface area contributed by atoms with E-state index in [1.54, 1.807) is 13.1 Å².